The number of nitrogens with zero attached hydrogens (tertiary/aromatic N) is 2. The summed E-state index contributed by atoms with van der Waals surface area (Å²) in [6.07, 6.45) is 0. The number of nitrogens with one attached hydrogen (secondary N) is 1. The highest BCUT2D eigenvalue weighted by molar-refractivity contribution is 5.93. The van der Waals surface area contributed by atoms with Crippen LogP contribution in [-0.2, 0) is 6.54 Å². The molecule has 0 aliphatic carbocycles. The Morgan fingerprint density at radius 3 is 2.80 bits per heavy atom. The SMILES string of the molecule is Cc1cc(CNc2ccc([N+](=O)[O-])c(C(=O)O)c2)no1. The number of hydrogen-bond acceptors (Lipinski definition) is 6. The summed E-state index contributed by atoms with van der Waals surface area (Å²) in [5.41, 5.74) is 0.294. The molecular weight excluding hydrogens is 266 g/mol. The zero-order valence-corrected chi connectivity index (χ0v) is 10.5. The summed E-state index contributed by atoms with van der Waals surface area (Å²) in [7, 11) is 0. The zero-order chi connectivity index (χ0) is 14.7. The van der Waals surface area contributed by atoms with Crippen molar-refractivity contribution in [3.8, 4) is 0 Å². The molecule has 0 saturated carbocycles. The minimum atomic E-state index is -1.35. The van der Waals surface area contributed by atoms with Crippen LogP contribution in [0.3, 0.4) is 0 Å². The largest absolute Gasteiger partial charge is 0.477 e. The van der Waals surface area contributed by atoms with Crippen molar-refractivity contribution in [3.05, 3.63) is 51.4 Å². The molecule has 8 heteroatoms. The van der Waals surface area contributed by atoms with E-state index in [1.54, 1.807) is 13.0 Å². The summed E-state index contributed by atoms with van der Waals surface area (Å²) >= 11 is 0. The smallest absolute Gasteiger partial charge is 0.342 e. The van der Waals surface area contributed by atoms with Crippen LogP contribution in [0.15, 0.2) is 28.8 Å². The molecule has 1 aromatic heterocycles. The number of benzene rings is 1. The van der Waals surface area contributed by atoms with E-state index in [0.717, 1.165) is 6.07 Å². The van der Waals surface area contributed by atoms with Crippen LogP contribution < -0.4 is 5.32 Å². The fourth-order valence-corrected chi connectivity index (χ4v) is 1.67. The monoisotopic (exact) mass is 277 g/mol. The molecular formula is C12H11N3O5. The van der Waals surface area contributed by atoms with Crippen molar-refractivity contribution in [1.29, 1.82) is 0 Å². The van der Waals surface area contributed by atoms with E-state index in [0.29, 0.717) is 23.7 Å². The van der Waals surface area contributed by atoms with Crippen LogP contribution in [0.4, 0.5) is 11.4 Å². The average Bonchev–Trinajstić information content (AvgIpc) is 2.81. The van der Waals surface area contributed by atoms with Gasteiger partial charge in [0.05, 0.1) is 11.5 Å². The number of aromatic nitrogens is 1. The van der Waals surface area contributed by atoms with E-state index < -0.39 is 16.6 Å². The van der Waals surface area contributed by atoms with Gasteiger partial charge < -0.3 is 14.9 Å². The van der Waals surface area contributed by atoms with Crippen LogP contribution in [0.25, 0.3) is 0 Å². The first kappa shape index (κ1) is 13.5. The minimum Gasteiger partial charge on any atom is -0.477 e. The van der Waals surface area contributed by atoms with E-state index in [4.69, 9.17) is 9.63 Å². The predicted octanol–water partition coefficient (Wildman–Crippen LogP) is 2.20. The minimum absolute atomic E-state index is 0.328. The lowest BCUT2D eigenvalue weighted by Gasteiger charge is -2.05. The lowest BCUT2D eigenvalue weighted by molar-refractivity contribution is -0.385. The molecule has 1 aromatic carbocycles. The number of carboxylic acids is 1. The molecule has 2 N–H and O–H groups in total. The molecule has 0 aliphatic heterocycles. The van der Waals surface area contributed by atoms with Gasteiger partial charge in [-0.3, -0.25) is 10.1 Å². The Bertz CT molecular complexity index is 665. The maximum Gasteiger partial charge on any atom is 0.342 e. The molecule has 0 aliphatic rings. The van der Waals surface area contributed by atoms with Crippen molar-refractivity contribution < 1.29 is 19.3 Å². The van der Waals surface area contributed by atoms with E-state index >= 15 is 0 Å². The second-order valence-electron chi connectivity index (χ2n) is 4.08. The number of nitro benzene ring substituents is 1. The summed E-state index contributed by atoms with van der Waals surface area (Å²) in [5, 5.41) is 26.4. The molecule has 0 unspecified atom stereocenters. The van der Waals surface area contributed by atoms with Gasteiger partial charge >= 0.3 is 5.97 Å². The Kier molecular flexibility index (Phi) is 3.65. The second-order valence-corrected chi connectivity index (χ2v) is 4.08. The highest BCUT2D eigenvalue weighted by atomic mass is 16.6. The van der Waals surface area contributed by atoms with E-state index in [1.807, 2.05) is 0 Å². The summed E-state index contributed by atoms with van der Waals surface area (Å²) < 4.78 is 4.89. The average molecular weight is 277 g/mol. The van der Waals surface area contributed by atoms with Crippen LogP contribution in [0.1, 0.15) is 21.8 Å². The van der Waals surface area contributed by atoms with Gasteiger partial charge in [0.25, 0.3) is 5.69 Å². The third kappa shape index (κ3) is 2.91. The number of hydrogen-bond donors (Lipinski definition) is 2. The number of carbonyl (C=O) groups is 1. The summed E-state index contributed by atoms with van der Waals surface area (Å²) in [4.78, 5) is 21.0. The molecule has 0 spiro atoms. The number of aromatic carboxylic acids is 1. The Labute approximate surface area is 113 Å². The molecule has 0 bridgehead atoms. The van der Waals surface area contributed by atoms with Gasteiger partial charge in [0, 0.05) is 17.8 Å². The summed E-state index contributed by atoms with van der Waals surface area (Å²) in [6.45, 7) is 2.08. The standard InChI is InChI=1S/C12H11N3O5/c1-7-4-9(14-20-7)6-13-8-2-3-11(15(18)19)10(5-8)12(16)17/h2-5,13H,6H2,1H3,(H,16,17). The molecule has 2 rings (SSSR count). The Hall–Kier alpha value is -2.90. The molecule has 2 aromatic rings. The maximum atomic E-state index is 11.0. The highest BCUT2D eigenvalue weighted by Gasteiger charge is 2.19. The zero-order valence-electron chi connectivity index (χ0n) is 10.5. The topological polar surface area (TPSA) is 119 Å². The van der Waals surface area contributed by atoms with E-state index in [2.05, 4.69) is 10.5 Å². The number of anilines is 1. The van der Waals surface area contributed by atoms with E-state index in [9.17, 15) is 14.9 Å². The van der Waals surface area contributed by atoms with Gasteiger partial charge in [-0.15, -0.1) is 0 Å². The summed E-state index contributed by atoms with van der Waals surface area (Å²) in [5.74, 6) is -0.686. The molecule has 1 heterocycles. The van der Waals surface area contributed by atoms with Crippen molar-refractivity contribution in [2.75, 3.05) is 5.32 Å². The van der Waals surface area contributed by atoms with Crippen molar-refractivity contribution in [3.63, 3.8) is 0 Å². The lowest BCUT2D eigenvalue weighted by atomic mass is 10.1. The fourth-order valence-electron chi connectivity index (χ4n) is 1.67. The van der Waals surface area contributed by atoms with Crippen molar-refractivity contribution >= 4 is 17.3 Å². The van der Waals surface area contributed by atoms with Crippen LogP contribution in [0.2, 0.25) is 0 Å². The first-order valence-electron chi connectivity index (χ1n) is 5.65. The van der Waals surface area contributed by atoms with Gasteiger partial charge in [0.15, 0.2) is 0 Å². The first-order valence-corrected chi connectivity index (χ1v) is 5.65. The van der Waals surface area contributed by atoms with E-state index in [-0.39, 0.29) is 5.56 Å². The van der Waals surface area contributed by atoms with Crippen molar-refractivity contribution in [1.82, 2.24) is 5.16 Å². The van der Waals surface area contributed by atoms with Crippen LogP contribution >= 0.6 is 0 Å². The molecule has 104 valence electrons. The van der Waals surface area contributed by atoms with Gasteiger partial charge in [-0.05, 0) is 19.1 Å². The fraction of sp³-hybridized carbons (Fsp3) is 0.167. The van der Waals surface area contributed by atoms with Gasteiger partial charge in [0.1, 0.15) is 17.0 Å². The number of aryl methyl sites for hydroxylation is 1. The molecule has 8 nitrogen and oxygen atoms in total. The third-order valence-electron chi connectivity index (χ3n) is 2.57. The molecule has 0 saturated heterocycles. The third-order valence-corrected chi connectivity index (χ3v) is 2.57. The maximum absolute atomic E-state index is 11.0. The number of carboxylic acid groups (broad SMARTS) is 1. The molecule has 20 heavy (non-hydrogen) atoms. The van der Waals surface area contributed by atoms with Crippen LogP contribution in [-0.4, -0.2) is 21.2 Å². The van der Waals surface area contributed by atoms with Gasteiger partial charge in [-0.25, -0.2) is 4.79 Å². The molecule has 0 fully saturated rings. The normalized spacial score (nSPS) is 10.2. The van der Waals surface area contributed by atoms with Gasteiger partial charge in [0.2, 0.25) is 0 Å². The number of nitro groups is 1. The van der Waals surface area contributed by atoms with Gasteiger partial charge in [-0.1, -0.05) is 5.16 Å². The molecule has 0 atom stereocenters. The molecule has 0 radical (unpaired) electrons. The lowest BCUT2D eigenvalue weighted by Crippen LogP contribution is -2.05. The second kappa shape index (κ2) is 5.39. The van der Waals surface area contributed by atoms with Gasteiger partial charge in [-0.2, -0.15) is 0 Å². The Balaban J connectivity index is 2.18. The summed E-state index contributed by atoms with van der Waals surface area (Å²) in [6, 6.07) is 5.54. The Morgan fingerprint density at radius 2 is 2.25 bits per heavy atom. The van der Waals surface area contributed by atoms with Crippen LogP contribution in [0.5, 0.6) is 0 Å². The molecule has 0 amide bonds. The quantitative estimate of drug-likeness (QED) is 0.635. The van der Waals surface area contributed by atoms with Crippen molar-refractivity contribution in [2.45, 2.75) is 13.5 Å². The Morgan fingerprint density at radius 1 is 1.50 bits per heavy atom. The first-order chi connectivity index (χ1) is 9.47. The van der Waals surface area contributed by atoms with Crippen molar-refractivity contribution in [2.24, 2.45) is 0 Å². The highest BCUT2D eigenvalue weighted by Crippen LogP contribution is 2.23. The van der Waals surface area contributed by atoms with E-state index in [1.165, 1.54) is 12.1 Å². The van der Waals surface area contributed by atoms with Crippen LogP contribution in [0, 0.1) is 17.0 Å². The predicted molar refractivity (Wildman–Crippen MR) is 68.6 cm³/mol. The number of rotatable bonds is 5.